The van der Waals surface area contributed by atoms with Crippen molar-refractivity contribution in [2.24, 2.45) is 0 Å². The zero-order valence-corrected chi connectivity index (χ0v) is 29.9. The molecule has 0 atom stereocenters. The number of hydrogen-bond acceptors (Lipinski definition) is 2. The Labute approximate surface area is 318 Å². The van der Waals surface area contributed by atoms with Gasteiger partial charge in [0.2, 0.25) is 0 Å². The van der Waals surface area contributed by atoms with Gasteiger partial charge in [-0.05, 0) is 80.5 Å². The van der Waals surface area contributed by atoms with Crippen LogP contribution in [0.25, 0.3) is 105 Å². The Kier molecular flexibility index (Phi) is 7.17. The number of para-hydroxylation sites is 1. The maximum atomic E-state index is 5.11. The van der Waals surface area contributed by atoms with Crippen LogP contribution in [0.4, 0.5) is 0 Å². The molecular weight excluding hydrogens is 667 g/mol. The van der Waals surface area contributed by atoms with Gasteiger partial charge in [-0.3, -0.25) is 0 Å². The minimum atomic E-state index is 0.710. The highest BCUT2D eigenvalue weighted by Crippen LogP contribution is 2.40. The molecule has 2 aromatic heterocycles. The Morgan fingerprint density at radius 3 is 1.62 bits per heavy atom. The van der Waals surface area contributed by atoms with E-state index in [4.69, 9.17) is 9.97 Å². The zero-order chi connectivity index (χ0) is 36.3. The summed E-state index contributed by atoms with van der Waals surface area (Å²) in [7, 11) is 0. The minimum Gasteiger partial charge on any atom is -0.309 e. The van der Waals surface area contributed by atoms with Crippen LogP contribution in [0, 0.1) is 0 Å². The van der Waals surface area contributed by atoms with Crippen molar-refractivity contribution in [2.45, 2.75) is 0 Å². The van der Waals surface area contributed by atoms with Gasteiger partial charge in [-0.2, -0.15) is 0 Å². The number of hydrogen-bond donors (Lipinski definition) is 0. The third kappa shape index (κ3) is 5.28. The van der Waals surface area contributed by atoms with E-state index in [1.165, 1.54) is 65.6 Å². The topological polar surface area (TPSA) is 30.7 Å². The van der Waals surface area contributed by atoms with Gasteiger partial charge in [-0.25, -0.2) is 9.97 Å². The number of benzene rings is 9. The first-order valence-electron chi connectivity index (χ1n) is 18.7. The quantitative estimate of drug-likeness (QED) is 0.179. The van der Waals surface area contributed by atoms with Crippen molar-refractivity contribution >= 4 is 54.1 Å². The van der Waals surface area contributed by atoms with E-state index >= 15 is 0 Å². The summed E-state index contributed by atoms with van der Waals surface area (Å²) in [6.07, 6.45) is 0. The molecule has 11 aromatic rings. The van der Waals surface area contributed by atoms with Crippen molar-refractivity contribution in [3.05, 3.63) is 200 Å². The van der Waals surface area contributed by atoms with E-state index in [0.29, 0.717) is 5.82 Å². The van der Waals surface area contributed by atoms with Crippen LogP contribution in [0.2, 0.25) is 0 Å². The number of rotatable bonds is 5. The van der Waals surface area contributed by atoms with Gasteiger partial charge in [0.05, 0.1) is 28.1 Å². The second kappa shape index (κ2) is 12.6. The van der Waals surface area contributed by atoms with E-state index in [1.54, 1.807) is 0 Å². The van der Waals surface area contributed by atoms with Crippen LogP contribution in [-0.4, -0.2) is 14.5 Å². The molecule has 0 aliphatic rings. The molecule has 0 N–H and O–H groups in total. The summed E-state index contributed by atoms with van der Waals surface area (Å²) in [6, 6.07) is 71.6. The number of nitrogens with zero attached hydrogens (tertiary/aromatic N) is 3. The molecule has 0 fully saturated rings. The molecule has 11 rings (SSSR count). The Hall–Kier alpha value is -7.36. The van der Waals surface area contributed by atoms with Crippen molar-refractivity contribution in [1.29, 1.82) is 0 Å². The predicted octanol–water partition coefficient (Wildman–Crippen LogP) is 13.7. The fourth-order valence-electron chi connectivity index (χ4n) is 8.29. The Balaban J connectivity index is 1.06. The summed E-state index contributed by atoms with van der Waals surface area (Å²) in [5, 5.41) is 9.77. The van der Waals surface area contributed by atoms with E-state index in [0.717, 1.165) is 33.5 Å². The van der Waals surface area contributed by atoms with Gasteiger partial charge in [0.15, 0.2) is 5.82 Å². The molecule has 0 aliphatic heterocycles. The van der Waals surface area contributed by atoms with Gasteiger partial charge in [0, 0.05) is 32.8 Å². The molecule has 0 radical (unpaired) electrons. The van der Waals surface area contributed by atoms with Crippen molar-refractivity contribution in [2.75, 3.05) is 0 Å². The molecule has 0 unspecified atom stereocenters. The van der Waals surface area contributed by atoms with Crippen LogP contribution in [0.5, 0.6) is 0 Å². The second-order valence-electron chi connectivity index (χ2n) is 14.2. The van der Waals surface area contributed by atoms with E-state index in [1.807, 2.05) is 12.1 Å². The summed E-state index contributed by atoms with van der Waals surface area (Å²) in [5.74, 6) is 0.710. The molecule has 0 aliphatic carbocycles. The fraction of sp³-hybridized carbons (Fsp3) is 0. The number of aromatic nitrogens is 3. The summed E-state index contributed by atoms with van der Waals surface area (Å²) in [6.45, 7) is 0. The second-order valence-corrected chi connectivity index (χ2v) is 14.2. The van der Waals surface area contributed by atoms with E-state index < -0.39 is 0 Å². The van der Waals surface area contributed by atoms with E-state index in [-0.39, 0.29) is 0 Å². The lowest BCUT2D eigenvalue weighted by atomic mass is 9.94. The van der Waals surface area contributed by atoms with Crippen LogP contribution < -0.4 is 0 Å². The average Bonchev–Trinajstić information content (AvgIpc) is 3.58. The third-order valence-electron chi connectivity index (χ3n) is 11.0. The standard InChI is InChI=1S/C52H33N3/c1-3-13-35(14-4-1)47-33-48(36-15-5-2-6-16-36)54-52(53-47)40-26-24-34-23-25-39(29-41(34)30-40)42-27-28-50(44-20-10-9-19-43(42)44)55-49-22-12-11-21-45(49)46-31-37-17-7-8-18-38(37)32-51(46)55/h1-33H. The van der Waals surface area contributed by atoms with Gasteiger partial charge in [-0.15, -0.1) is 0 Å². The van der Waals surface area contributed by atoms with Gasteiger partial charge < -0.3 is 4.57 Å². The molecule has 256 valence electrons. The third-order valence-corrected chi connectivity index (χ3v) is 11.0. The van der Waals surface area contributed by atoms with Crippen molar-refractivity contribution in [3.63, 3.8) is 0 Å². The van der Waals surface area contributed by atoms with Gasteiger partial charge in [0.1, 0.15) is 0 Å². The molecule has 55 heavy (non-hydrogen) atoms. The van der Waals surface area contributed by atoms with Gasteiger partial charge in [0.25, 0.3) is 0 Å². The highest BCUT2D eigenvalue weighted by atomic mass is 15.0. The molecule has 3 heteroatoms. The van der Waals surface area contributed by atoms with Crippen LogP contribution >= 0.6 is 0 Å². The predicted molar refractivity (Wildman–Crippen MR) is 231 cm³/mol. The lowest BCUT2D eigenvalue weighted by Gasteiger charge is -2.15. The lowest BCUT2D eigenvalue weighted by Crippen LogP contribution is -1.96. The summed E-state index contributed by atoms with van der Waals surface area (Å²) >= 11 is 0. The molecule has 2 heterocycles. The Bertz CT molecular complexity index is 3190. The highest BCUT2D eigenvalue weighted by Gasteiger charge is 2.17. The van der Waals surface area contributed by atoms with E-state index in [9.17, 15) is 0 Å². The van der Waals surface area contributed by atoms with Crippen LogP contribution in [0.15, 0.2) is 200 Å². The molecule has 0 bridgehead atoms. The van der Waals surface area contributed by atoms with E-state index in [2.05, 4.69) is 193 Å². The normalized spacial score (nSPS) is 11.6. The largest absolute Gasteiger partial charge is 0.309 e. The first kappa shape index (κ1) is 31.2. The Morgan fingerprint density at radius 2 is 0.891 bits per heavy atom. The summed E-state index contributed by atoms with van der Waals surface area (Å²) < 4.78 is 2.45. The average molecular weight is 700 g/mol. The fourth-order valence-corrected chi connectivity index (χ4v) is 8.29. The minimum absolute atomic E-state index is 0.710. The number of fused-ring (bicyclic) bond motifs is 6. The highest BCUT2D eigenvalue weighted by molar-refractivity contribution is 6.15. The van der Waals surface area contributed by atoms with Crippen LogP contribution in [-0.2, 0) is 0 Å². The maximum absolute atomic E-state index is 5.11. The van der Waals surface area contributed by atoms with Crippen molar-refractivity contribution < 1.29 is 0 Å². The lowest BCUT2D eigenvalue weighted by molar-refractivity contribution is 1.18. The SMILES string of the molecule is c1ccc(-c2cc(-c3ccccc3)nc(-c3ccc4ccc(-c5ccc(-n6c7ccccc7c7cc8ccccc8cc76)c6ccccc56)cc4c3)n2)cc1. The van der Waals surface area contributed by atoms with Gasteiger partial charge in [-0.1, -0.05) is 158 Å². The first-order valence-corrected chi connectivity index (χ1v) is 18.7. The zero-order valence-electron chi connectivity index (χ0n) is 29.9. The maximum Gasteiger partial charge on any atom is 0.160 e. The molecule has 0 saturated heterocycles. The monoisotopic (exact) mass is 699 g/mol. The smallest absolute Gasteiger partial charge is 0.160 e. The molecule has 0 spiro atoms. The molecule has 0 saturated carbocycles. The van der Waals surface area contributed by atoms with Crippen LogP contribution in [0.3, 0.4) is 0 Å². The molecule has 3 nitrogen and oxygen atoms in total. The van der Waals surface area contributed by atoms with Crippen molar-refractivity contribution in [1.82, 2.24) is 14.5 Å². The summed E-state index contributed by atoms with van der Waals surface area (Å²) in [4.78, 5) is 10.2. The molecule has 0 amide bonds. The molecular formula is C52H33N3. The van der Waals surface area contributed by atoms with Gasteiger partial charge >= 0.3 is 0 Å². The van der Waals surface area contributed by atoms with Crippen LogP contribution in [0.1, 0.15) is 0 Å². The Morgan fingerprint density at radius 1 is 0.309 bits per heavy atom. The first-order chi connectivity index (χ1) is 27.2. The van der Waals surface area contributed by atoms with Crippen molar-refractivity contribution in [3.8, 4) is 50.7 Å². The molecule has 9 aromatic carbocycles. The summed E-state index contributed by atoms with van der Waals surface area (Å²) in [5.41, 5.74) is 10.9.